The minimum Gasteiger partial charge on any atom is -0.492 e. The average Bonchev–Trinajstić information content (AvgIpc) is 2.53. The summed E-state index contributed by atoms with van der Waals surface area (Å²) in [6.07, 6.45) is 2.42. The van der Waals surface area contributed by atoms with E-state index in [9.17, 15) is 0 Å². The Morgan fingerprint density at radius 3 is 2.48 bits per heavy atom. The summed E-state index contributed by atoms with van der Waals surface area (Å²) in [5, 5.41) is 3.49. The molecule has 0 bridgehead atoms. The summed E-state index contributed by atoms with van der Waals surface area (Å²) in [7, 11) is 0. The van der Waals surface area contributed by atoms with Crippen molar-refractivity contribution in [2.75, 3.05) is 13.2 Å². The Bertz CT molecular complexity index is 524. The maximum Gasteiger partial charge on any atom is 0.127 e. The molecule has 0 aliphatic rings. The smallest absolute Gasteiger partial charge is 0.127 e. The van der Waals surface area contributed by atoms with E-state index in [1.807, 2.05) is 18.2 Å². The fraction of sp³-hybridized carbons (Fsp3) is 0.368. The molecule has 2 rings (SSSR count). The first kappa shape index (κ1) is 15.6. The first-order valence-electron chi connectivity index (χ1n) is 7.82. The Labute approximate surface area is 128 Å². The zero-order chi connectivity index (χ0) is 14.9. The van der Waals surface area contributed by atoms with Crippen molar-refractivity contribution in [1.82, 2.24) is 5.32 Å². The average molecular weight is 283 g/mol. The number of rotatable bonds is 8. The van der Waals surface area contributed by atoms with Crippen molar-refractivity contribution >= 4 is 0 Å². The molecule has 2 aromatic carbocycles. The lowest BCUT2D eigenvalue weighted by molar-refractivity contribution is 0.306. The van der Waals surface area contributed by atoms with Gasteiger partial charge in [0.2, 0.25) is 0 Å². The molecule has 0 aliphatic heterocycles. The first-order valence-corrected chi connectivity index (χ1v) is 7.82. The second-order valence-corrected chi connectivity index (χ2v) is 5.35. The van der Waals surface area contributed by atoms with Crippen LogP contribution in [0, 0.1) is 0 Å². The van der Waals surface area contributed by atoms with Gasteiger partial charge in [0.1, 0.15) is 12.4 Å². The van der Waals surface area contributed by atoms with Crippen LogP contribution < -0.4 is 10.1 Å². The van der Waals surface area contributed by atoms with Gasteiger partial charge in [-0.3, -0.25) is 0 Å². The van der Waals surface area contributed by atoms with Crippen LogP contribution in [0.5, 0.6) is 5.75 Å². The van der Waals surface area contributed by atoms with E-state index in [0.29, 0.717) is 12.6 Å². The Balaban J connectivity index is 1.92. The van der Waals surface area contributed by atoms with Gasteiger partial charge in [0.25, 0.3) is 0 Å². The normalized spacial score (nSPS) is 12.1. The molecule has 0 aromatic heterocycles. The summed E-state index contributed by atoms with van der Waals surface area (Å²) in [4.78, 5) is 0. The molecule has 2 aromatic rings. The Morgan fingerprint density at radius 2 is 1.71 bits per heavy atom. The number of benzene rings is 2. The van der Waals surface area contributed by atoms with Gasteiger partial charge in [-0.1, -0.05) is 61.9 Å². The number of ether oxygens (including phenoxy) is 1. The van der Waals surface area contributed by atoms with Crippen LogP contribution in [-0.4, -0.2) is 19.2 Å². The molecule has 0 radical (unpaired) electrons. The van der Waals surface area contributed by atoms with Gasteiger partial charge in [0.05, 0.1) is 0 Å². The van der Waals surface area contributed by atoms with Crippen molar-refractivity contribution in [2.45, 2.75) is 32.7 Å². The predicted octanol–water partition coefficient (Wildman–Crippen LogP) is 4.51. The molecule has 21 heavy (non-hydrogen) atoms. The fourth-order valence-electron chi connectivity index (χ4n) is 2.45. The lowest BCUT2D eigenvalue weighted by atomic mass is 10.1. The molecule has 0 saturated carbocycles. The summed E-state index contributed by atoms with van der Waals surface area (Å²) in [5.41, 5.74) is 2.35. The third kappa shape index (κ3) is 4.91. The lowest BCUT2D eigenvalue weighted by Crippen LogP contribution is -2.30. The number of hydrogen-bond acceptors (Lipinski definition) is 2. The van der Waals surface area contributed by atoms with Gasteiger partial charge in [-0.2, -0.15) is 0 Å². The maximum absolute atomic E-state index is 5.96. The Morgan fingerprint density at radius 1 is 1.00 bits per heavy atom. The third-order valence-electron chi connectivity index (χ3n) is 3.55. The molecule has 1 N–H and O–H groups in total. The van der Waals surface area contributed by atoms with Gasteiger partial charge in [-0.25, -0.2) is 0 Å². The minimum atomic E-state index is 0.558. The van der Waals surface area contributed by atoms with Gasteiger partial charge in [0.15, 0.2) is 0 Å². The highest BCUT2D eigenvalue weighted by atomic mass is 16.5. The number of para-hydroxylation sites is 1. The minimum absolute atomic E-state index is 0.558. The van der Waals surface area contributed by atoms with Crippen LogP contribution in [0.3, 0.4) is 0 Å². The summed E-state index contributed by atoms with van der Waals surface area (Å²) < 4.78 is 5.96. The van der Waals surface area contributed by atoms with Gasteiger partial charge in [-0.15, -0.1) is 0 Å². The van der Waals surface area contributed by atoms with Crippen LogP contribution >= 0.6 is 0 Å². The second-order valence-electron chi connectivity index (χ2n) is 5.35. The van der Waals surface area contributed by atoms with E-state index in [1.165, 1.54) is 18.4 Å². The summed E-state index contributed by atoms with van der Waals surface area (Å²) in [6.45, 7) is 6.01. The Kier molecular flexibility index (Phi) is 6.29. The highest BCUT2D eigenvalue weighted by Crippen LogP contribution is 2.29. The molecule has 2 nitrogen and oxygen atoms in total. The molecule has 0 fully saturated rings. The zero-order valence-corrected chi connectivity index (χ0v) is 13.0. The molecule has 0 aliphatic carbocycles. The standard InChI is InChI=1S/C19H25NO/c1-3-9-16(2)20-14-15-21-19-13-8-7-12-18(19)17-10-5-4-6-11-17/h4-8,10-13,16,20H,3,9,14-15H2,1-2H3. The van der Waals surface area contributed by atoms with E-state index in [0.717, 1.165) is 17.9 Å². The Hall–Kier alpha value is -1.80. The SMILES string of the molecule is CCCC(C)NCCOc1ccccc1-c1ccccc1. The summed E-state index contributed by atoms with van der Waals surface area (Å²) in [6, 6.07) is 19.2. The van der Waals surface area contributed by atoms with Crippen molar-refractivity contribution in [3.05, 3.63) is 54.6 Å². The zero-order valence-electron chi connectivity index (χ0n) is 13.0. The molecule has 0 amide bonds. The van der Waals surface area contributed by atoms with Crippen LogP contribution in [0.15, 0.2) is 54.6 Å². The van der Waals surface area contributed by atoms with Crippen LogP contribution in [0.25, 0.3) is 11.1 Å². The van der Waals surface area contributed by atoms with E-state index < -0.39 is 0 Å². The number of nitrogens with one attached hydrogen (secondary N) is 1. The first-order chi connectivity index (χ1) is 10.3. The highest BCUT2D eigenvalue weighted by molar-refractivity contribution is 5.70. The monoisotopic (exact) mass is 283 g/mol. The van der Waals surface area contributed by atoms with Crippen LogP contribution in [-0.2, 0) is 0 Å². The van der Waals surface area contributed by atoms with E-state index >= 15 is 0 Å². The van der Waals surface area contributed by atoms with Gasteiger partial charge in [-0.05, 0) is 25.0 Å². The van der Waals surface area contributed by atoms with E-state index in [1.54, 1.807) is 0 Å². The molecule has 0 heterocycles. The molecular formula is C19H25NO. The molecular weight excluding hydrogens is 258 g/mol. The quantitative estimate of drug-likeness (QED) is 0.720. The molecule has 2 heteroatoms. The van der Waals surface area contributed by atoms with Crippen molar-refractivity contribution < 1.29 is 4.74 Å². The maximum atomic E-state index is 5.96. The lowest BCUT2D eigenvalue weighted by Gasteiger charge is -2.15. The third-order valence-corrected chi connectivity index (χ3v) is 3.55. The molecule has 0 saturated heterocycles. The summed E-state index contributed by atoms with van der Waals surface area (Å²) >= 11 is 0. The largest absolute Gasteiger partial charge is 0.492 e. The van der Waals surface area contributed by atoms with Crippen LogP contribution in [0.1, 0.15) is 26.7 Å². The highest BCUT2D eigenvalue weighted by Gasteiger charge is 2.05. The molecule has 112 valence electrons. The topological polar surface area (TPSA) is 21.3 Å². The van der Waals surface area contributed by atoms with Gasteiger partial charge < -0.3 is 10.1 Å². The van der Waals surface area contributed by atoms with E-state index in [4.69, 9.17) is 4.74 Å². The van der Waals surface area contributed by atoms with Gasteiger partial charge >= 0.3 is 0 Å². The van der Waals surface area contributed by atoms with Crippen molar-refractivity contribution in [1.29, 1.82) is 0 Å². The molecule has 0 spiro atoms. The predicted molar refractivity (Wildman–Crippen MR) is 89.7 cm³/mol. The van der Waals surface area contributed by atoms with E-state index in [2.05, 4.69) is 55.6 Å². The number of hydrogen-bond donors (Lipinski definition) is 1. The molecule has 1 atom stereocenters. The van der Waals surface area contributed by atoms with E-state index in [-0.39, 0.29) is 0 Å². The van der Waals surface area contributed by atoms with Crippen LogP contribution in [0.2, 0.25) is 0 Å². The fourth-order valence-corrected chi connectivity index (χ4v) is 2.45. The van der Waals surface area contributed by atoms with Crippen molar-refractivity contribution in [2.24, 2.45) is 0 Å². The van der Waals surface area contributed by atoms with Gasteiger partial charge in [0, 0.05) is 18.2 Å². The van der Waals surface area contributed by atoms with Crippen molar-refractivity contribution in [3.8, 4) is 16.9 Å². The molecule has 1 unspecified atom stereocenters. The summed E-state index contributed by atoms with van der Waals surface area (Å²) in [5.74, 6) is 0.952. The second kappa shape index (κ2) is 8.48. The van der Waals surface area contributed by atoms with Crippen molar-refractivity contribution in [3.63, 3.8) is 0 Å². The van der Waals surface area contributed by atoms with Crippen LogP contribution in [0.4, 0.5) is 0 Å².